The summed E-state index contributed by atoms with van der Waals surface area (Å²) in [5, 5.41) is 6.39. The highest BCUT2D eigenvalue weighted by molar-refractivity contribution is 7.99. The first-order valence-corrected chi connectivity index (χ1v) is 9.17. The normalized spacial score (nSPS) is 16.8. The molecule has 5 nitrogen and oxygen atoms in total. The van der Waals surface area contributed by atoms with Gasteiger partial charge in [0.25, 0.3) is 0 Å². The van der Waals surface area contributed by atoms with Crippen molar-refractivity contribution >= 4 is 30.1 Å². The fourth-order valence-corrected chi connectivity index (χ4v) is 3.55. The van der Waals surface area contributed by atoms with E-state index >= 15 is 0 Å². The van der Waals surface area contributed by atoms with E-state index in [0.29, 0.717) is 19.0 Å². The molecule has 2 rings (SSSR count). The molecule has 0 spiro atoms. The van der Waals surface area contributed by atoms with E-state index in [-0.39, 0.29) is 18.3 Å². The van der Waals surface area contributed by atoms with Gasteiger partial charge in [-0.2, -0.15) is 11.8 Å². The molecule has 1 aliphatic rings. The van der Waals surface area contributed by atoms with E-state index in [4.69, 9.17) is 9.47 Å². The topological polar surface area (TPSA) is 59.6 Å². The van der Waals surface area contributed by atoms with Gasteiger partial charge < -0.3 is 20.1 Å². The molecule has 0 radical (unpaired) electrons. The van der Waals surface area contributed by atoms with Gasteiger partial charge in [-0.05, 0) is 30.5 Å². The number of aryl methyl sites for hydroxylation is 1. The van der Waals surface area contributed by atoms with Gasteiger partial charge in [0.15, 0.2) is 11.5 Å². The molecule has 2 N–H and O–H groups in total. The quantitative estimate of drug-likeness (QED) is 0.683. The highest BCUT2D eigenvalue weighted by Crippen LogP contribution is 2.27. The second-order valence-corrected chi connectivity index (χ2v) is 6.72. The maximum Gasteiger partial charge on any atom is 0.221 e. The molecule has 1 aromatic carbocycles. The van der Waals surface area contributed by atoms with Gasteiger partial charge >= 0.3 is 0 Å². The molecule has 136 valence electrons. The summed E-state index contributed by atoms with van der Waals surface area (Å²) in [5.41, 5.74) is 1.18. The van der Waals surface area contributed by atoms with Crippen LogP contribution >= 0.6 is 24.2 Å². The first kappa shape index (κ1) is 20.9. The van der Waals surface area contributed by atoms with E-state index in [9.17, 15) is 4.79 Å². The van der Waals surface area contributed by atoms with Crippen molar-refractivity contribution in [3.8, 4) is 11.5 Å². The van der Waals surface area contributed by atoms with Crippen molar-refractivity contribution in [1.82, 2.24) is 10.6 Å². The number of halogens is 1. The Balaban J connectivity index is 0.00000288. The monoisotopic (exact) mass is 374 g/mol. The van der Waals surface area contributed by atoms with Gasteiger partial charge in [-0.25, -0.2) is 0 Å². The number of rotatable bonds is 8. The van der Waals surface area contributed by atoms with E-state index in [1.807, 2.05) is 30.0 Å². The van der Waals surface area contributed by atoms with Crippen LogP contribution in [0.5, 0.6) is 11.5 Å². The van der Waals surface area contributed by atoms with Crippen LogP contribution in [0.1, 0.15) is 18.4 Å². The minimum absolute atomic E-state index is 0. The second kappa shape index (κ2) is 11.4. The lowest BCUT2D eigenvalue weighted by atomic mass is 10.1. The summed E-state index contributed by atoms with van der Waals surface area (Å²) in [6, 6.07) is 6.26. The van der Waals surface area contributed by atoms with Gasteiger partial charge in [0.2, 0.25) is 5.91 Å². The number of nitrogens with one attached hydrogen (secondary N) is 2. The summed E-state index contributed by atoms with van der Waals surface area (Å²) in [6.07, 6.45) is 2.38. The zero-order valence-corrected chi connectivity index (χ0v) is 15.9. The Bertz CT molecular complexity index is 511. The average Bonchev–Trinajstić information content (AvgIpc) is 2.59. The standard InChI is InChI=1S/C17H26N2O3S.ClH/c1-21-15-6-5-13(10-16(15)22-2)4-3-7-19-17(20)11-14-12-23-9-8-18-14;/h5-6,10,14,18H,3-4,7-9,11-12H2,1-2H3,(H,19,20);1H. The summed E-state index contributed by atoms with van der Waals surface area (Å²) in [6.45, 7) is 1.70. The minimum Gasteiger partial charge on any atom is -0.493 e. The van der Waals surface area contributed by atoms with Crippen LogP contribution in [0.3, 0.4) is 0 Å². The predicted octanol–water partition coefficient (Wildman–Crippen LogP) is 2.27. The van der Waals surface area contributed by atoms with Gasteiger partial charge in [0.05, 0.1) is 14.2 Å². The predicted molar refractivity (Wildman–Crippen MR) is 102 cm³/mol. The Morgan fingerprint density at radius 1 is 1.33 bits per heavy atom. The van der Waals surface area contributed by atoms with Crippen molar-refractivity contribution in [3.63, 3.8) is 0 Å². The van der Waals surface area contributed by atoms with E-state index in [1.165, 1.54) is 5.56 Å². The largest absolute Gasteiger partial charge is 0.493 e. The Labute approximate surface area is 154 Å². The summed E-state index contributed by atoms with van der Waals surface area (Å²) in [4.78, 5) is 11.9. The van der Waals surface area contributed by atoms with Crippen molar-refractivity contribution in [2.45, 2.75) is 25.3 Å². The number of amides is 1. The molecule has 0 aliphatic carbocycles. The molecule has 0 saturated carbocycles. The smallest absolute Gasteiger partial charge is 0.221 e. The van der Waals surface area contributed by atoms with E-state index in [1.54, 1.807) is 14.2 Å². The van der Waals surface area contributed by atoms with E-state index < -0.39 is 0 Å². The van der Waals surface area contributed by atoms with Crippen molar-refractivity contribution < 1.29 is 14.3 Å². The first-order valence-electron chi connectivity index (χ1n) is 8.01. The summed E-state index contributed by atoms with van der Waals surface area (Å²) in [5.74, 6) is 3.79. The summed E-state index contributed by atoms with van der Waals surface area (Å²) >= 11 is 1.91. The third-order valence-electron chi connectivity index (χ3n) is 3.84. The number of methoxy groups -OCH3 is 2. The Kier molecular flexibility index (Phi) is 9.98. The number of thioether (sulfide) groups is 1. The molecule has 1 aromatic rings. The number of carbonyl (C=O) groups excluding carboxylic acids is 1. The zero-order valence-electron chi connectivity index (χ0n) is 14.3. The van der Waals surface area contributed by atoms with E-state index in [0.717, 1.165) is 42.4 Å². The average molecular weight is 375 g/mol. The molecule has 1 saturated heterocycles. The summed E-state index contributed by atoms with van der Waals surface area (Å²) < 4.78 is 10.5. The molecule has 24 heavy (non-hydrogen) atoms. The number of ether oxygens (including phenoxy) is 2. The summed E-state index contributed by atoms with van der Waals surface area (Å²) in [7, 11) is 3.27. The molecule has 1 heterocycles. The van der Waals surface area contributed by atoms with Gasteiger partial charge in [0.1, 0.15) is 0 Å². The number of carbonyl (C=O) groups is 1. The lowest BCUT2D eigenvalue weighted by molar-refractivity contribution is -0.121. The SMILES string of the molecule is COc1ccc(CCCNC(=O)CC2CSCCN2)cc1OC.Cl. The Morgan fingerprint density at radius 3 is 2.79 bits per heavy atom. The minimum atomic E-state index is 0. The fraction of sp³-hybridized carbons (Fsp3) is 0.588. The molecule has 0 aromatic heterocycles. The molecule has 0 bridgehead atoms. The first-order chi connectivity index (χ1) is 11.2. The van der Waals surface area contributed by atoms with Crippen molar-refractivity contribution in [1.29, 1.82) is 0 Å². The maximum atomic E-state index is 11.9. The van der Waals surface area contributed by atoms with Crippen LogP contribution in [-0.4, -0.2) is 50.8 Å². The molecule has 1 amide bonds. The second-order valence-electron chi connectivity index (χ2n) is 5.57. The molecule has 1 atom stereocenters. The molecule has 1 fully saturated rings. The van der Waals surface area contributed by atoms with E-state index in [2.05, 4.69) is 10.6 Å². The maximum absolute atomic E-state index is 11.9. The number of hydrogen-bond acceptors (Lipinski definition) is 5. The van der Waals surface area contributed by atoms with Crippen LogP contribution < -0.4 is 20.1 Å². The zero-order chi connectivity index (χ0) is 16.5. The molecule has 1 unspecified atom stereocenters. The van der Waals surface area contributed by atoms with Crippen LogP contribution in [0.15, 0.2) is 18.2 Å². The van der Waals surface area contributed by atoms with Crippen LogP contribution in [0, 0.1) is 0 Å². The van der Waals surface area contributed by atoms with Gasteiger partial charge in [-0.15, -0.1) is 12.4 Å². The molecule has 7 heteroatoms. The highest BCUT2D eigenvalue weighted by atomic mass is 35.5. The van der Waals surface area contributed by atoms with Crippen molar-refractivity contribution in [2.75, 3.05) is 38.8 Å². The molecular weight excluding hydrogens is 348 g/mol. The van der Waals surface area contributed by atoms with Crippen LogP contribution in [0.25, 0.3) is 0 Å². The van der Waals surface area contributed by atoms with Crippen LogP contribution in [-0.2, 0) is 11.2 Å². The van der Waals surface area contributed by atoms with Gasteiger partial charge in [-0.3, -0.25) is 4.79 Å². The molecular formula is C17H27ClN2O3S. The van der Waals surface area contributed by atoms with Crippen LogP contribution in [0.4, 0.5) is 0 Å². The third kappa shape index (κ3) is 6.79. The van der Waals surface area contributed by atoms with Gasteiger partial charge in [-0.1, -0.05) is 6.07 Å². The van der Waals surface area contributed by atoms with Gasteiger partial charge in [0, 0.05) is 37.1 Å². The number of benzene rings is 1. The fourth-order valence-electron chi connectivity index (χ4n) is 2.60. The Hall–Kier alpha value is -1.11. The highest BCUT2D eigenvalue weighted by Gasteiger charge is 2.16. The Morgan fingerprint density at radius 2 is 2.12 bits per heavy atom. The number of hydrogen-bond donors (Lipinski definition) is 2. The third-order valence-corrected chi connectivity index (χ3v) is 4.97. The van der Waals surface area contributed by atoms with Crippen LogP contribution in [0.2, 0.25) is 0 Å². The lowest BCUT2D eigenvalue weighted by Gasteiger charge is -2.22. The van der Waals surface area contributed by atoms with Crippen molar-refractivity contribution in [3.05, 3.63) is 23.8 Å². The molecule has 1 aliphatic heterocycles. The van der Waals surface area contributed by atoms with Crippen molar-refractivity contribution in [2.24, 2.45) is 0 Å². The lowest BCUT2D eigenvalue weighted by Crippen LogP contribution is -2.41.